The fraction of sp³-hybridized carbons (Fsp3) is 0.714. The van der Waals surface area contributed by atoms with Gasteiger partial charge in [-0.15, -0.1) is 0 Å². The van der Waals surface area contributed by atoms with Crippen molar-refractivity contribution in [2.45, 2.75) is 117 Å². The first-order valence-corrected chi connectivity index (χ1v) is 11.8. The van der Waals surface area contributed by atoms with Crippen molar-refractivity contribution >= 4 is 0 Å². The van der Waals surface area contributed by atoms with Crippen molar-refractivity contribution in [2.75, 3.05) is 0 Å². The third-order valence-electron chi connectivity index (χ3n) is 7.83. The quantitative estimate of drug-likeness (QED) is 0.459. The highest BCUT2D eigenvalue weighted by molar-refractivity contribution is 5.35. The van der Waals surface area contributed by atoms with Gasteiger partial charge in [0.05, 0.1) is 11.7 Å². The average molecular weight is 415 g/mol. The van der Waals surface area contributed by atoms with E-state index in [-0.39, 0.29) is 13.5 Å². The molecule has 0 unspecified atom stereocenters. The predicted octanol–water partition coefficient (Wildman–Crippen LogP) is 7.43. The zero-order valence-electron chi connectivity index (χ0n) is 19.2. The van der Waals surface area contributed by atoms with E-state index in [0.717, 1.165) is 44.1 Å². The van der Waals surface area contributed by atoms with Crippen LogP contribution in [0.15, 0.2) is 46.6 Å². The Labute approximate surface area is 185 Å². The Morgan fingerprint density at radius 1 is 1.20 bits per heavy atom. The van der Waals surface area contributed by atoms with Gasteiger partial charge in [0.2, 0.25) is 0 Å². The third-order valence-corrected chi connectivity index (χ3v) is 7.83. The molecule has 0 heterocycles. The number of fused-ring (bicyclic) bond motifs is 1. The molecule has 3 rings (SSSR count). The minimum atomic E-state index is -0.555. The van der Waals surface area contributed by atoms with Gasteiger partial charge in [-0.3, -0.25) is 0 Å². The van der Waals surface area contributed by atoms with Crippen molar-refractivity contribution in [3.63, 3.8) is 0 Å². The molecule has 0 saturated heterocycles. The van der Waals surface area contributed by atoms with E-state index in [1.165, 1.54) is 37.7 Å². The van der Waals surface area contributed by atoms with E-state index in [0.29, 0.717) is 11.3 Å². The molecule has 2 N–H and O–H groups in total. The summed E-state index contributed by atoms with van der Waals surface area (Å²) in [5, 5.41) is 20.1. The first-order valence-electron chi connectivity index (χ1n) is 11.8. The van der Waals surface area contributed by atoms with Crippen molar-refractivity contribution in [1.82, 2.24) is 0 Å². The Morgan fingerprint density at radius 3 is 2.60 bits per heavy atom. The van der Waals surface area contributed by atoms with Gasteiger partial charge in [0.1, 0.15) is 0 Å². The summed E-state index contributed by atoms with van der Waals surface area (Å²) in [6, 6.07) is 0. The maximum atomic E-state index is 10.1. The van der Waals surface area contributed by atoms with E-state index in [1.54, 1.807) is 16.7 Å². The average Bonchev–Trinajstić information content (AvgIpc) is 2.99. The van der Waals surface area contributed by atoms with Crippen LogP contribution >= 0.6 is 0 Å². The second-order valence-corrected chi connectivity index (χ2v) is 10.7. The molecule has 3 fully saturated rings. The van der Waals surface area contributed by atoms with Gasteiger partial charge in [-0.05, 0) is 108 Å². The molecule has 0 spiro atoms. The highest BCUT2D eigenvalue weighted by atomic mass is 16.3. The lowest BCUT2D eigenvalue weighted by molar-refractivity contribution is 0.0689. The lowest BCUT2D eigenvalue weighted by atomic mass is 9.64. The molecule has 3 aliphatic carbocycles. The second kappa shape index (κ2) is 10.0. The van der Waals surface area contributed by atoms with E-state index in [4.69, 9.17) is 0 Å². The standard InChI is InChI=1S/C27H42O2.CH4/c1-19(8-6-16-26(3,4)29)23-14-15-24-22(9-7-17-27(23,24)5)13-12-21-11-10-20(2)25(28)18-21;/h12-13,24-25,28-29H,2,6-11,14-18H2,1,3-5H3;1H4/b21-12-,22-13+,23-19+;/t24-,25+,27+;/m0./s1. The molecule has 2 heteroatoms. The highest BCUT2D eigenvalue weighted by Crippen LogP contribution is 2.58. The van der Waals surface area contributed by atoms with Crippen molar-refractivity contribution in [1.29, 1.82) is 0 Å². The van der Waals surface area contributed by atoms with Gasteiger partial charge in [-0.1, -0.05) is 55.4 Å². The topological polar surface area (TPSA) is 40.5 Å². The lowest BCUT2D eigenvalue weighted by Crippen LogP contribution is -2.29. The van der Waals surface area contributed by atoms with E-state index in [9.17, 15) is 10.2 Å². The molecule has 3 atom stereocenters. The summed E-state index contributed by atoms with van der Waals surface area (Å²) in [4.78, 5) is 0. The van der Waals surface area contributed by atoms with Gasteiger partial charge in [-0.2, -0.15) is 0 Å². The maximum Gasteiger partial charge on any atom is 0.0784 e. The van der Waals surface area contributed by atoms with Crippen LogP contribution in [-0.2, 0) is 0 Å². The van der Waals surface area contributed by atoms with Crippen LogP contribution in [0.3, 0.4) is 0 Å². The van der Waals surface area contributed by atoms with E-state index >= 15 is 0 Å². The molecule has 3 aliphatic rings. The fourth-order valence-electron chi connectivity index (χ4n) is 6.05. The van der Waals surface area contributed by atoms with Gasteiger partial charge in [0.25, 0.3) is 0 Å². The molecule has 0 aromatic carbocycles. The normalized spacial score (nSPS) is 34.1. The number of allylic oxidation sites excluding steroid dienone is 5. The minimum Gasteiger partial charge on any atom is -0.390 e. The maximum absolute atomic E-state index is 10.1. The molecule has 170 valence electrons. The van der Waals surface area contributed by atoms with E-state index in [1.807, 2.05) is 13.8 Å². The van der Waals surface area contributed by atoms with E-state index < -0.39 is 5.60 Å². The van der Waals surface area contributed by atoms with Gasteiger partial charge in [0, 0.05) is 0 Å². The predicted molar refractivity (Wildman–Crippen MR) is 129 cm³/mol. The van der Waals surface area contributed by atoms with Crippen LogP contribution in [0.1, 0.15) is 106 Å². The first-order chi connectivity index (χ1) is 13.6. The monoisotopic (exact) mass is 414 g/mol. The summed E-state index contributed by atoms with van der Waals surface area (Å²) in [6.07, 6.45) is 16.5. The molecule has 30 heavy (non-hydrogen) atoms. The summed E-state index contributed by atoms with van der Waals surface area (Å²) >= 11 is 0. The number of hydrogen-bond acceptors (Lipinski definition) is 2. The minimum absolute atomic E-state index is 0. The molecular formula is C28H46O2. The smallest absolute Gasteiger partial charge is 0.0784 e. The first kappa shape index (κ1) is 25.1. The van der Waals surface area contributed by atoms with Gasteiger partial charge < -0.3 is 10.2 Å². The van der Waals surface area contributed by atoms with Gasteiger partial charge in [-0.25, -0.2) is 0 Å². The summed E-state index contributed by atoms with van der Waals surface area (Å²) in [6.45, 7) is 12.7. The second-order valence-electron chi connectivity index (χ2n) is 10.7. The van der Waals surface area contributed by atoms with Crippen molar-refractivity contribution in [3.05, 3.63) is 46.6 Å². The number of rotatable bonds is 5. The van der Waals surface area contributed by atoms with E-state index in [2.05, 4.69) is 32.6 Å². The van der Waals surface area contributed by atoms with Crippen LogP contribution in [0, 0.1) is 11.3 Å². The SMILES string of the molecule is C.C=C1CC/C(=C/C=C2\CCC[C@]3(C)/C(=C(\C)CCCC(C)(C)O)CC[C@@H]23)C[C@H]1O. The summed E-state index contributed by atoms with van der Waals surface area (Å²) in [5.41, 5.74) is 7.05. The van der Waals surface area contributed by atoms with Crippen LogP contribution in [-0.4, -0.2) is 21.9 Å². The van der Waals surface area contributed by atoms with Crippen molar-refractivity contribution in [2.24, 2.45) is 11.3 Å². The number of aliphatic hydroxyl groups excluding tert-OH is 1. The highest BCUT2D eigenvalue weighted by Gasteiger charge is 2.46. The fourth-order valence-corrected chi connectivity index (χ4v) is 6.05. The Hall–Kier alpha value is -1.12. The number of hydrogen-bond donors (Lipinski definition) is 2. The zero-order chi connectivity index (χ0) is 21.2. The molecule has 0 aromatic rings. The summed E-state index contributed by atoms with van der Waals surface area (Å²) < 4.78 is 0. The van der Waals surface area contributed by atoms with Crippen LogP contribution in [0.5, 0.6) is 0 Å². The molecule has 2 nitrogen and oxygen atoms in total. The van der Waals surface area contributed by atoms with Crippen molar-refractivity contribution in [3.8, 4) is 0 Å². The largest absolute Gasteiger partial charge is 0.390 e. The molecular weight excluding hydrogens is 368 g/mol. The zero-order valence-corrected chi connectivity index (χ0v) is 19.2. The third kappa shape index (κ3) is 5.77. The Morgan fingerprint density at radius 2 is 1.93 bits per heavy atom. The lowest BCUT2D eigenvalue weighted by Gasteiger charge is -2.40. The molecule has 3 saturated carbocycles. The molecule has 0 radical (unpaired) electrons. The molecule has 0 aliphatic heterocycles. The molecule has 0 aromatic heterocycles. The Bertz CT molecular complexity index is 715. The van der Waals surface area contributed by atoms with Gasteiger partial charge >= 0.3 is 0 Å². The van der Waals surface area contributed by atoms with Crippen LogP contribution in [0.2, 0.25) is 0 Å². The summed E-state index contributed by atoms with van der Waals surface area (Å²) in [5.74, 6) is 0.677. The van der Waals surface area contributed by atoms with Crippen LogP contribution in [0.4, 0.5) is 0 Å². The van der Waals surface area contributed by atoms with Crippen LogP contribution < -0.4 is 0 Å². The Kier molecular flexibility index (Phi) is 8.38. The molecule has 0 bridgehead atoms. The van der Waals surface area contributed by atoms with Crippen LogP contribution in [0.25, 0.3) is 0 Å². The number of aliphatic hydroxyl groups is 2. The van der Waals surface area contributed by atoms with Gasteiger partial charge in [0.15, 0.2) is 0 Å². The van der Waals surface area contributed by atoms with Crippen molar-refractivity contribution < 1.29 is 10.2 Å². The molecule has 0 amide bonds. The Balaban J connectivity index is 0.00000320. The summed E-state index contributed by atoms with van der Waals surface area (Å²) in [7, 11) is 0.